The lowest BCUT2D eigenvalue weighted by molar-refractivity contribution is 0.507. The summed E-state index contributed by atoms with van der Waals surface area (Å²) in [5.41, 5.74) is 1.23. The normalized spacial score (nSPS) is 11.0. The molecule has 0 spiro atoms. The third-order valence-electron chi connectivity index (χ3n) is 2.82. The topological polar surface area (TPSA) is 54.5 Å². The summed E-state index contributed by atoms with van der Waals surface area (Å²) in [7, 11) is 3.78. The van der Waals surface area contributed by atoms with E-state index >= 15 is 0 Å². The zero-order valence-corrected chi connectivity index (χ0v) is 14.1. The fourth-order valence-electron chi connectivity index (χ4n) is 1.83. The van der Waals surface area contributed by atoms with Crippen LogP contribution in [0.1, 0.15) is 11.3 Å². The average Bonchev–Trinajstić information content (AvgIpc) is 3.05. The number of guanidine groups is 1. The highest BCUT2D eigenvalue weighted by Crippen LogP contribution is 2.00. The maximum absolute atomic E-state index is 5.28. The smallest absolute Gasteiger partial charge is 0.191 e. The molecule has 0 saturated heterocycles. The summed E-state index contributed by atoms with van der Waals surface area (Å²) >= 11 is 0. The number of furan rings is 1. The predicted octanol–water partition coefficient (Wildman–Crippen LogP) is 2.14. The van der Waals surface area contributed by atoms with E-state index in [1.807, 2.05) is 29.9 Å². The molecule has 20 heavy (non-hydrogen) atoms. The molecule has 0 aliphatic carbocycles. The van der Waals surface area contributed by atoms with Crippen LogP contribution in [-0.2, 0) is 20.0 Å². The molecule has 0 atom stereocenters. The lowest BCUT2D eigenvalue weighted by atomic mass is 10.3. The van der Waals surface area contributed by atoms with Crippen LogP contribution in [0.3, 0.4) is 0 Å². The summed E-state index contributed by atoms with van der Waals surface area (Å²) in [6.07, 6.45) is 6.66. The Morgan fingerprint density at radius 1 is 1.35 bits per heavy atom. The van der Waals surface area contributed by atoms with Gasteiger partial charge >= 0.3 is 0 Å². The van der Waals surface area contributed by atoms with E-state index in [1.165, 1.54) is 5.56 Å². The molecule has 0 bridgehead atoms. The Labute approximate surface area is 136 Å². The molecular formula is C14H21IN4O. The summed E-state index contributed by atoms with van der Waals surface area (Å²) in [5.74, 6) is 1.78. The number of aliphatic imine (C=N–C) groups is 1. The maximum atomic E-state index is 5.28. The molecule has 2 N–H and O–H groups in total. The van der Waals surface area contributed by atoms with Crippen molar-refractivity contribution in [3.8, 4) is 0 Å². The van der Waals surface area contributed by atoms with E-state index in [2.05, 4.69) is 27.9 Å². The molecule has 0 aromatic carbocycles. The monoisotopic (exact) mass is 388 g/mol. The Hall–Kier alpha value is -1.44. The highest BCUT2D eigenvalue weighted by Gasteiger charge is 2.00. The lowest BCUT2D eigenvalue weighted by Gasteiger charge is -2.10. The first-order valence-corrected chi connectivity index (χ1v) is 6.35. The molecule has 0 aliphatic heterocycles. The van der Waals surface area contributed by atoms with Crippen molar-refractivity contribution < 1.29 is 4.42 Å². The van der Waals surface area contributed by atoms with Gasteiger partial charge in [0, 0.05) is 46.0 Å². The number of aryl methyl sites for hydroxylation is 1. The molecule has 2 aromatic heterocycles. The Kier molecular flexibility index (Phi) is 7.21. The molecular weight excluding hydrogens is 367 g/mol. The average molecular weight is 388 g/mol. The molecule has 0 radical (unpaired) electrons. The molecule has 0 saturated carbocycles. The molecule has 0 aliphatic rings. The lowest BCUT2D eigenvalue weighted by Crippen LogP contribution is -2.37. The number of aromatic nitrogens is 1. The van der Waals surface area contributed by atoms with Crippen molar-refractivity contribution >= 4 is 29.9 Å². The molecule has 110 valence electrons. The largest absolute Gasteiger partial charge is 0.469 e. The molecule has 6 heteroatoms. The second-order valence-corrected chi connectivity index (χ2v) is 4.37. The van der Waals surface area contributed by atoms with E-state index in [-0.39, 0.29) is 24.0 Å². The van der Waals surface area contributed by atoms with E-state index in [0.717, 1.165) is 31.2 Å². The second kappa shape index (κ2) is 8.68. The van der Waals surface area contributed by atoms with Crippen LogP contribution in [0.4, 0.5) is 0 Å². The first kappa shape index (κ1) is 16.6. The van der Waals surface area contributed by atoms with Gasteiger partial charge in [0.25, 0.3) is 0 Å². The minimum Gasteiger partial charge on any atom is -0.469 e. The van der Waals surface area contributed by atoms with Gasteiger partial charge in [0.2, 0.25) is 0 Å². The van der Waals surface area contributed by atoms with Crippen molar-refractivity contribution in [2.24, 2.45) is 12.0 Å². The number of hydrogen-bond donors (Lipinski definition) is 2. The van der Waals surface area contributed by atoms with E-state index in [4.69, 9.17) is 4.42 Å². The molecule has 2 rings (SSSR count). The van der Waals surface area contributed by atoms with E-state index in [1.54, 1.807) is 13.3 Å². The van der Waals surface area contributed by atoms with Crippen molar-refractivity contribution in [2.75, 3.05) is 13.6 Å². The van der Waals surface area contributed by atoms with Crippen molar-refractivity contribution in [2.45, 2.75) is 13.0 Å². The van der Waals surface area contributed by atoms with Gasteiger partial charge in [-0.25, -0.2) is 0 Å². The molecule has 0 unspecified atom stereocenters. The molecule has 5 nitrogen and oxygen atoms in total. The Balaban J connectivity index is 0.00000200. The van der Waals surface area contributed by atoms with Gasteiger partial charge in [-0.1, -0.05) is 0 Å². The van der Waals surface area contributed by atoms with Gasteiger partial charge in [-0.05, 0) is 23.8 Å². The van der Waals surface area contributed by atoms with Crippen LogP contribution in [0, 0.1) is 0 Å². The first-order chi connectivity index (χ1) is 9.28. The van der Waals surface area contributed by atoms with E-state index < -0.39 is 0 Å². The standard InChI is InChI=1S/C14H20N4O.HI/c1-15-14(16-7-5-13-4-3-9-19-13)17-10-12-6-8-18(2)11-12;/h3-4,6,8-9,11H,5,7,10H2,1-2H3,(H2,15,16,17);1H. The fourth-order valence-corrected chi connectivity index (χ4v) is 1.83. The predicted molar refractivity (Wildman–Crippen MR) is 91.4 cm³/mol. The van der Waals surface area contributed by atoms with Gasteiger partial charge < -0.3 is 19.6 Å². The van der Waals surface area contributed by atoms with Crippen LogP contribution in [0.15, 0.2) is 46.3 Å². The van der Waals surface area contributed by atoms with Crippen LogP contribution in [0.2, 0.25) is 0 Å². The highest BCUT2D eigenvalue weighted by molar-refractivity contribution is 14.0. The maximum Gasteiger partial charge on any atom is 0.191 e. The van der Waals surface area contributed by atoms with Gasteiger partial charge in [0.1, 0.15) is 5.76 Å². The van der Waals surface area contributed by atoms with Gasteiger partial charge in [-0.2, -0.15) is 0 Å². The minimum atomic E-state index is 0. The van der Waals surface area contributed by atoms with Crippen LogP contribution in [-0.4, -0.2) is 24.1 Å². The highest BCUT2D eigenvalue weighted by atomic mass is 127. The number of nitrogens with zero attached hydrogens (tertiary/aromatic N) is 2. The van der Waals surface area contributed by atoms with Crippen LogP contribution >= 0.6 is 24.0 Å². The summed E-state index contributed by atoms with van der Waals surface area (Å²) in [4.78, 5) is 4.19. The van der Waals surface area contributed by atoms with Gasteiger partial charge in [0.05, 0.1) is 6.26 Å². The third kappa shape index (κ3) is 5.28. The summed E-state index contributed by atoms with van der Waals surface area (Å²) in [6.45, 7) is 1.56. The van der Waals surface area contributed by atoms with Gasteiger partial charge in [-0.3, -0.25) is 4.99 Å². The number of halogens is 1. The van der Waals surface area contributed by atoms with E-state index in [9.17, 15) is 0 Å². The Bertz CT molecular complexity index is 519. The molecule has 2 heterocycles. The second-order valence-electron chi connectivity index (χ2n) is 4.37. The first-order valence-electron chi connectivity index (χ1n) is 6.35. The Morgan fingerprint density at radius 3 is 2.80 bits per heavy atom. The molecule has 0 amide bonds. The quantitative estimate of drug-likeness (QED) is 0.469. The van der Waals surface area contributed by atoms with Gasteiger partial charge in [-0.15, -0.1) is 24.0 Å². The van der Waals surface area contributed by atoms with Crippen molar-refractivity contribution in [3.63, 3.8) is 0 Å². The summed E-state index contributed by atoms with van der Waals surface area (Å²) in [6, 6.07) is 5.96. The van der Waals surface area contributed by atoms with Crippen LogP contribution < -0.4 is 10.6 Å². The SMILES string of the molecule is CN=C(NCCc1ccco1)NCc1ccn(C)c1.I. The third-order valence-corrected chi connectivity index (χ3v) is 2.82. The minimum absolute atomic E-state index is 0. The van der Waals surface area contributed by atoms with Gasteiger partial charge in [0.15, 0.2) is 5.96 Å². The summed E-state index contributed by atoms with van der Waals surface area (Å²) < 4.78 is 7.31. The van der Waals surface area contributed by atoms with E-state index in [0.29, 0.717) is 0 Å². The fraction of sp³-hybridized carbons (Fsp3) is 0.357. The number of nitrogens with one attached hydrogen (secondary N) is 2. The zero-order chi connectivity index (χ0) is 13.5. The number of hydrogen-bond acceptors (Lipinski definition) is 2. The molecule has 2 aromatic rings. The van der Waals surface area contributed by atoms with Crippen LogP contribution in [0.25, 0.3) is 0 Å². The zero-order valence-electron chi connectivity index (χ0n) is 11.8. The molecule has 0 fully saturated rings. The van der Waals surface area contributed by atoms with Crippen molar-refractivity contribution in [1.82, 2.24) is 15.2 Å². The van der Waals surface area contributed by atoms with Crippen molar-refractivity contribution in [3.05, 3.63) is 48.2 Å². The summed E-state index contributed by atoms with van der Waals surface area (Å²) in [5, 5.41) is 6.53. The van der Waals surface area contributed by atoms with Crippen LogP contribution in [0.5, 0.6) is 0 Å². The number of rotatable bonds is 5. The Morgan fingerprint density at radius 2 is 2.20 bits per heavy atom. The van der Waals surface area contributed by atoms with Crippen molar-refractivity contribution in [1.29, 1.82) is 0 Å².